The SMILES string of the molecule is CC(C)=C1C[C@@]2(C)[C@@H](CC1=O)C[C@H](OC1O[C@H](COS(=O)(=O)[O-])[C@@H](O)[C@H](O)[C@H]1O)C[C@@H]2C.[K+]. The Morgan fingerprint density at radius 2 is 1.82 bits per heavy atom. The Kier molecular flexibility index (Phi) is 10.3. The number of ether oxygens (including phenoxy) is 2. The van der Waals surface area contributed by atoms with Crippen LogP contribution in [0.1, 0.15) is 53.4 Å². The van der Waals surface area contributed by atoms with E-state index in [-0.39, 0.29) is 80.5 Å². The molecule has 1 aliphatic heterocycles. The quantitative estimate of drug-likeness (QED) is 0.116. The van der Waals surface area contributed by atoms with Crippen molar-refractivity contribution in [3.8, 4) is 0 Å². The standard InChI is InChI=1S/C21H34O10S.K/c1-10(2)14-8-21(4)11(3)5-13(6-12(21)7-15(14)22)30-20-19(25)18(24)17(23)16(31-20)9-29-32(26,27)28;/h11-13,16-20,23-25H,5-9H2,1-4H3,(H,26,27,28);/q;+1/p-1/t11-,12+,13+,16+,17+,18-,19+,20?,21+;/m0./s1. The molecule has 0 amide bonds. The second-order valence-electron chi connectivity index (χ2n) is 9.82. The van der Waals surface area contributed by atoms with E-state index in [4.69, 9.17) is 9.47 Å². The average molecular weight is 517 g/mol. The van der Waals surface area contributed by atoms with Gasteiger partial charge in [0.05, 0.1) is 12.7 Å². The fraction of sp³-hybridized carbons (Fsp3) is 0.857. The number of fused-ring (bicyclic) bond motifs is 1. The number of rotatable bonds is 5. The molecule has 3 N–H and O–H groups in total. The van der Waals surface area contributed by atoms with Crippen LogP contribution in [0.15, 0.2) is 11.1 Å². The van der Waals surface area contributed by atoms with E-state index in [0.717, 1.165) is 11.1 Å². The minimum Gasteiger partial charge on any atom is -0.726 e. The zero-order valence-electron chi connectivity index (χ0n) is 19.8. The van der Waals surface area contributed by atoms with Crippen molar-refractivity contribution in [3.05, 3.63) is 11.1 Å². The van der Waals surface area contributed by atoms with Gasteiger partial charge in [0.25, 0.3) is 0 Å². The molecule has 1 saturated heterocycles. The second-order valence-corrected chi connectivity index (χ2v) is 10.9. The van der Waals surface area contributed by atoms with Crippen molar-refractivity contribution in [2.45, 2.75) is 90.2 Å². The molecule has 2 aliphatic carbocycles. The summed E-state index contributed by atoms with van der Waals surface area (Å²) in [5.41, 5.74) is 1.87. The van der Waals surface area contributed by atoms with Crippen molar-refractivity contribution in [2.75, 3.05) is 6.61 Å². The maximum Gasteiger partial charge on any atom is 1.00 e. The third-order valence-corrected chi connectivity index (χ3v) is 7.95. The molecule has 10 nitrogen and oxygen atoms in total. The van der Waals surface area contributed by atoms with Crippen molar-refractivity contribution < 1.29 is 98.1 Å². The van der Waals surface area contributed by atoms with Gasteiger partial charge in [-0.15, -0.1) is 0 Å². The van der Waals surface area contributed by atoms with E-state index in [0.29, 0.717) is 25.7 Å². The molecule has 9 atom stereocenters. The molecule has 33 heavy (non-hydrogen) atoms. The fourth-order valence-electron chi connectivity index (χ4n) is 5.28. The number of ketones is 1. The van der Waals surface area contributed by atoms with Crippen molar-refractivity contribution in [2.24, 2.45) is 17.3 Å². The molecule has 0 radical (unpaired) electrons. The van der Waals surface area contributed by atoms with Gasteiger partial charge in [-0.2, -0.15) is 0 Å². The summed E-state index contributed by atoms with van der Waals surface area (Å²) in [6.45, 7) is 7.38. The van der Waals surface area contributed by atoms with Crippen LogP contribution in [0.5, 0.6) is 0 Å². The second kappa shape index (κ2) is 11.4. The van der Waals surface area contributed by atoms with Crippen LogP contribution in [0.3, 0.4) is 0 Å². The first-order valence-electron chi connectivity index (χ1n) is 10.9. The monoisotopic (exact) mass is 516 g/mol. The Labute approximate surface area is 237 Å². The first kappa shape index (κ1) is 29.9. The third-order valence-electron chi connectivity index (χ3n) is 7.52. The molecule has 0 aromatic heterocycles. The molecule has 2 saturated carbocycles. The Morgan fingerprint density at radius 3 is 2.39 bits per heavy atom. The number of Topliss-reactive ketones (excluding diaryl/α,β-unsaturated/α-hetero) is 1. The summed E-state index contributed by atoms with van der Waals surface area (Å²) in [4.78, 5) is 12.7. The van der Waals surface area contributed by atoms with Gasteiger partial charge in [-0.05, 0) is 55.9 Å². The zero-order chi connectivity index (χ0) is 24.0. The van der Waals surface area contributed by atoms with Crippen LogP contribution < -0.4 is 51.4 Å². The molecule has 3 rings (SSSR count). The Balaban J connectivity index is 0.00000385. The summed E-state index contributed by atoms with van der Waals surface area (Å²) in [6.07, 6.45) is -5.73. The Morgan fingerprint density at radius 1 is 1.18 bits per heavy atom. The van der Waals surface area contributed by atoms with Crippen LogP contribution in [0.25, 0.3) is 0 Å². The summed E-state index contributed by atoms with van der Waals surface area (Å²) < 4.78 is 47.7. The van der Waals surface area contributed by atoms with E-state index in [2.05, 4.69) is 18.0 Å². The van der Waals surface area contributed by atoms with E-state index in [1.807, 2.05) is 13.8 Å². The summed E-state index contributed by atoms with van der Waals surface area (Å²) >= 11 is 0. The van der Waals surface area contributed by atoms with Crippen molar-refractivity contribution >= 4 is 16.2 Å². The van der Waals surface area contributed by atoms with Crippen LogP contribution in [-0.4, -0.2) is 77.5 Å². The first-order valence-corrected chi connectivity index (χ1v) is 12.2. The van der Waals surface area contributed by atoms with Crippen LogP contribution in [-0.2, 0) is 28.9 Å². The van der Waals surface area contributed by atoms with Gasteiger partial charge in [-0.1, -0.05) is 19.4 Å². The number of hydrogen-bond donors (Lipinski definition) is 3. The van der Waals surface area contributed by atoms with Crippen LogP contribution >= 0.6 is 0 Å². The third kappa shape index (κ3) is 6.73. The van der Waals surface area contributed by atoms with E-state index in [9.17, 15) is 33.1 Å². The topological polar surface area (TPSA) is 163 Å². The van der Waals surface area contributed by atoms with Crippen LogP contribution in [0, 0.1) is 17.3 Å². The molecule has 0 bridgehead atoms. The van der Waals surface area contributed by atoms with Gasteiger partial charge >= 0.3 is 51.4 Å². The number of carbonyl (C=O) groups excluding carboxylic acids is 1. The molecule has 1 unspecified atom stereocenters. The summed E-state index contributed by atoms with van der Waals surface area (Å²) in [5, 5.41) is 30.5. The van der Waals surface area contributed by atoms with Gasteiger partial charge in [0.2, 0.25) is 10.4 Å². The molecule has 3 fully saturated rings. The smallest absolute Gasteiger partial charge is 0.726 e. The fourth-order valence-corrected chi connectivity index (χ4v) is 5.58. The molecule has 0 aromatic rings. The first-order chi connectivity index (χ1) is 14.7. The van der Waals surface area contributed by atoms with Gasteiger partial charge < -0.3 is 29.3 Å². The Hall–Kier alpha value is 0.716. The van der Waals surface area contributed by atoms with E-state index in [1.54, 1.807) is 0 Å². The summed E-state index contributed by atoms with van der Waals surface area (Å²) in [5.74, 6) is 0.423. The zero-order valence-corrected chi connectivity index (χ0v) is 23.7. The molecule has 0 spiro atoms. The maximum atomic E-state index is 12.7. The number of allylic oxidation sites excluding steroid dienone is 2. The molecule has 3 aliphatic rings. The maximum absolute atomic E-state index is 12.7. The normalized spacial score (nSPS) is 41.8. The van der Waals surface area contributed by atoms with Crippen molar-refractivity contribution in [1.82, 2.24) is 0 Å². The Bertz CT molecular complexity index is 857. The molecule has 184 valence electrons. The van der Waals surface area contributed by atoms with Crippen LogP contribution in [0.2, 0.25) is 0 Å². The van der Waals surface area contributed by atoms with Gasteiger partial charge in [0, 0.05) is 6.42 Å². The van der Waals surface area contributed by atoms with Crippen molar-refractivity contribution in [3.63, 3.8) is 0 Å². The molecular formula is C21H33KO10S. The van der Waals surface area contributed by atoms with Crippen molar-refractivity contribution in [1.29, 1.82) is 0 Å². The number of aliphatic hydroxyl groups excluding tert-OH is 3. The molecule has 0 aromatic carbocycles. The molecule has 12 heteroatoms. The minimum absolute atomic E-state index is 0. The molecular weight excluding hydrogens is 483 g/mol. The largest absolute Gasteiger partial charge is 1.00 e. The van der Waals surface area contributed by atoms with Gasteiger partial charge in [-0.25, -0.2) is 8.42 Å². The van der Waals surface area contributed by atoms with Gasteiger partial charge in [0.1, 0.15) is 24.4 Å². The number of carbonyl (C=O) groups is 1. The predicted molar refractivity (Wildman–Crippen MR) is 110 cm³/mol. The van der Waals surface area contributed by atoms with Crippen LogP contribution in [0.4, 0.5) is 0 Å². The summed E-state index contributed by atoms with van der Waals surface area (Å²) in [7, 11) is -5.03. The number of hydrogen-bond acceptors (Lipinski definition) is 10. The van der Waals surface area contributed by atoms with E-state index < -0.39 is 47.7 Å². The minimum atomic E-state index is -5.03. The predicted octanol–water partition coefficient (Wildman–Crippen LogP) is -2.59. The van der Waals surface area contributed by atoms with E-state index >= 15 is 0 Å². The van der Waals surface area contributed by atoms with Gasteiger partial charge in [-0.3, -0.25) is 8.98 Å². The summed E-state index contributed by atoms with van der Waals surface area (Å²) in [6, 6.07) is 0. The van der Waals surface area contributed by atoms with E-state index in [1.165, 1.54) is 0 Å². The molecule has 1 heterocycles. The van der Waals surface area contributed by atoms with Gasteiger partial charge in [0.15, 0.2) is 12.1 Å². The number of aliphatic hydroxyl groups is 3. The average Bonchev–Trinajstić information content (AvgIpc) is 2.68.